The molecule has 35 heavy (non-hydrogen) atoms. The summed E-state index contributed by atoms with van der Waals surface area (Å²) >= 11 is 0. The first-order valence-corrected chi connectivity index (χ1v) is 12.8. The third kappa shape index (κ3) is 4.81. The number of carbonyl (C=O) groups is 2. The van der Waals surface area contributed by atoms with Gasteiger partial charge in [-0.2, -0.15) is 0 Å². The number of hydrogen-bond acceptors (Lipinski definition) is 3. The minimum absolute atomic E-state index is 0.0772. The molecule has 5 heteroatoms. The topological polar surface area (TPSA) is 52.7 Å². The van der Waals surface area contributed by atoms with E-state index in [0.29, 0.717) is 19.5 Å². The van der Waals surface area contributed by atoms with Gasteiger partial charge in [0.05, 0.1) is 5.92 Å². The van der Waals surface area contributed by atoms with Crippen LogP contribution < -0.4 is 10.2 Å². The van der Waals surface area contributed by atoms with Crippen LogP contribution in [0.2, 0.25) is 0 Å². The van der Waals surface area contributed by atoms with Gasteiger partial charge in [-0.15, -0.1) is 0 Å². The first kappa shape index (κ1) is 23.2. The number of carbonyl (C=O) groups excluding carboxylic acids is 2. The van der Waals surface area contributed by atoms with Gasteiger partial charge < -0.3 is 15.1 Å². The lowest BCUT2D eigenvalue weighted by atomic mass is 9.95. The van der Waals surface area contributed by atoms with Crippen molar-refractivity contribution < 1.29 is 9.59 Å². The Hall–Kier alpha value is -3.60. The van der Waals surface area contributed by atoms with Crippen LogP contribution in [-0.4, -0.2) is 42.9 Å². The largest absolute Gasteiger partial charge is 0.368 e. The second-order valence-electron chi connectivity index (χ2n) is 9.47. The summed E-state index contributed by atoms with van der Waals surface area (Å²) in [5.74, 6) is 0.0609. The Morgan fingerprint density at radius 3 is 2.00 bits per heavy atom. The molecule has 0 unspecified atom stereocenters. The van der Waals surface area contributed by atoms with Crippen LogP contribution >= 0.6 is 0 Å². The molecule has 3 aromatic rings. The van der Waals surface area contributed by atoms with Gasteiger partial charge in [-0.3, -0.25) is 9.59 Å². The highest BCUT2D eigenvalue weighted by molar-refractivity contribution is 5.96. The Morgan fingerprint density at radius 1 is 0.800 bits per heavy atom. The molecule has 5 rings (SSSR count). The molecule has 0 radical (unpaired) electrons. The fourth-order valence-corrected chi connectivity index (χ4v) is 5.30. The molecule has 1 fully saturated rings. The third-order valence-electron chi connectivity index (χ3n) is 7.20. The first-order valence-electron chi connectivity index (χ1n) is 12.8. The van der Waals surface area contributed by atoms with E-state index in [1.54, 1.807) is 0 Å². The average Bonchev–Trinajstić information content (AvgIpc) is 3.23. The van der Waals surface area contributed by atoms with Gasteiger partial charge in [0.1, 0.15) is 0 Å². The lowest BCUT2D eigenvalue weighted by Crippen LogP contribution is -2.50. The maximum Gasteiger partial charge on any atom is 0.234 e. The predicted octanol–water partition coefficient (Wildman–Crippen LogP) is 5.67. The number of piperazine rings is 1. The zero-order chi connectivity index (χ0) is 24.2. The Labute approximate surface area is 207 Å². The number of fused-ring (bicyclic) bond motifs is 3. The molecule has 0 saturated carbocycles. The monoisotopic (exact) mass is 467 g/mol. The van der Waals surface area contributed by atoms with E-state index in [4.69, 9.17) is 0 Å². The molecule has 1 aliphatic heterocycles. The van der Waals surface area contributed by atoms with E-state index in [1.165, 1.54) is 11.1 Å². The number of nitrogens with one attached hydrogen (secondary N) is 1. The van der Waals surface area contributed by atoms with Crippen LogP contribution in [0.15, 0.2) is 72.8 Å². The van der Waals surface area contributed by atoms with Crippen molar-refractivity contribution in [2.45, 2.75) is 38.5 Å². The van der Waals surface area contributed by atoms with Crippen molar-refractivity contribution in [3.63, 3.8) is 0 Å². The van der Waals surface area contributed by atoms with Crippen molar-refractivity contribution in [1.29, 1.82) is 0 Å². The Morgan fingerprint density at radius 2 is 1.40 bits per heavy atom. The van der Waals surface area contributed by atoms with Crippen LogP contribution in [0.3, 0.4) is 0 Å². The van der Waals surface area contributed by atoms with Gasteiger partial charge in [-0.1, -0.05) is 68.3 Å². The molecule has 180 valence electrons. The number of hydrogen-bond donors (Lipinski definition) is 1. The van der Waals surface area contributed by atoms with Gasteiger partial charge in [-0.25, -0.2) is 0 Å². The highest BCUT2D eigenvalue weighted by Crippen LogP contribution is 2.45. The standard InChI is InChI=1S/C30H33N3O2/c1-2-3-4-13-28(34)31-22-14-16-23(17-15-22)32-18-20-33(21-19-32)30(35)29-26-11-7-5-9-24(26)25-10-6-8-12-27(25)29/h5-12,14-17,29H,2-4,13,18-21H2,1H3,(H,31,34). The summed E-state index contributed by atoms with van der Waals surface area (Å²) in [4.78, 5) is 30.1. The number of anilines is 2. The van der Waals surface area contributed by atoms with Crippen LogP contribution in [-0.2, 0) is 9.59 Å². The van der Waals surface area contributed by atoms with Crippen LogP contribution in [0.1, 0.15) is 49.7 Å². The van der Waals surface area contributed by atoms with Crippen molar-refractivity contribution >= 4 is 23.2 Å². The van der Waals surface area contributed by atoms with E-state index in [1.807, 2.05) is 41.3 Å². The van der Waals surface area contributed by atoms with Gasteiger partial charge >= 0.3 is 0 Å². The number of amides is 2. The molecule has 5 nitrogen and oxygen atoms in total. The minimum Gasteiger partial charge on any atom is -0.368 e. The SMILES string of the molecule is CCCCCC(=O)Nc1ccc(N2CCN(C(=O)C3c4ccccc4-c4ccccc43)CC2)cc1. The quantitative estimate of drug-likeness (QED) is 0.456. The smallest absolute Gasteiger partial charge is 0.234 e. The predicted molar refractivity (Wildman–Crippen MR) is 142 cm³/mol. The van der Waals surface area contributed by atoms with E-state index >= 15 is 0 Å². The molecule has 1 heterocycles. The van der Waals surface area contributed by atoms with E-state index in [0.717, 1.165) is 54.9 Å². The zero-order valence-electron chi connectivity index (χ0n) is 20.4. The minimum atomic E-state index is -0.214. The summed E-state index contributed by atoms with van der Waals surface area (Å²) in [6.45, 7) is 5.14. The van der Waals surface area contributed by atoms with Crippen LogP contribution in [0, 0.1) is 0 Å². The number of unbranched alkanes of at least 4 members (excludes halogenated alkanes) is 2. The fraction of sp³-hybridized carbons (Fsp3) is 0.333. The maximum atomic E-state index is 13.7. The summed E-state index contributed by atoms with van der Waals surface area (Å²) in [7, 11) is 0. The summed E-state index contributed by atoms with van der Waals surface area (Å²) in [6.07, 6.45) is 3.70. The van der Waals surface area contributed by atoms with E-state index < -0.39 is 0 Å². The lowest BCUT2D eigenvalue weighted by molar-refractivity contribution is -0.132. The van der Waals surface area contributed by atoms with Crippen molar-refractivity contribution in [2.75, 3.05) is 36.4 Å². The van der Waals surface area contributed by atoms with Crippen LogP contribution in [0.25, 0.3) is 11.1 Å². The number of rotatable bonds is 7. The zero-order valence-corrected chi connectivity index (χ0v) is 20.4. The molecule has 0 spiro atoms. The summed E-state index contributed by atoms with van der Waals surface area (Å²) in [5.41, 5.74) is 6.55. The first-order chi connectivity index (χ1) is 17.2. The van der Waals surface area contributed by atoms with Gasteiger partial charge in [0, 0.05) is 44.0 Å². The van der Waals surface area contributed by atoms with Crippen molar-refractivity contribution in [1.82, 2.24) is 4.90 Å². The molecule has 0 aromatic heterocycles. The van der Waals surface area contributed by atoms with Crippen LogP contribution in [0.4, 0.5) is 11.4 Å². The molecular weight excluding hydrogens is 434 g/mol. The van der Waals surface area contributed by atoms with Crippen molar-refractivity contribution in [2.24, 2.45) is 0 Å². The molecule has 2 amide bonds. The lowest BCUT2D eigenvalue weighted by Gasteiger charge is -2.37. The molecule has 1 saturated heterocycles. The third-order valence-corrected chi connectivity index (χ3v) is 7.20. The Kier molecular flexibility index (Phi) is 6.84. The van der Waals surface area contributed by atoms with E-state index in [2.05, 4.69) is 53.5 Å². The average molecular weight is 468 g/mol. The highest BCUT2D eigenvalue weighted by atomic mass is 16.2. The second-order valence-corrected chi connectivity index (χ2v) is 9.47. The van der Waals surface area contributed by atoms with E-state index in [9.17, 15) is 9.59 Å². The number of nitrogens with zero attached hydrogens (tertiary/aromatic N) is 2. The van der Waals surface area contributed by atoms with Gasteiger partial charge in [0.15, 0.2) is 0 Å². The molecular formula is C30H33N3O2. The molecule has 2 aliphatic rings. The Balaban J connectivity index is 1.20. The van der Waals surface area contributed by atoms with Gasteiger partial charge in [0.2, 0.25) is 11.8 Å². The maximum absolute atomic E-state index is 13.7. The Bertz CT molecular complexity index is 1150. The highest BCUT2D eigenvalue weighted by Gasteiger charge is 2.36. The molecule has 3 aromatic carbocycles. The second kappa shape index (κ2) is 10.3. The summed E-state index contributed by atoms with van der Waals surface area (Å²) < 4.78 is 0. The molecule has 1 N–H and O–H groups in total. The fourth-order valence-electron chi connectivity index (χ4n) is 5.30. The molecule has 1 aliphatic carbocycles. The number of benzene rings is 3. The molecule has 0 atom stereocenters. The van der Waals surface area contributed by atoms with E-state index in [-0.39, 0.29) is 17.7 Å². The molecule has 0 bridgehead atoms. The van der Waals surface area contributed by atoms with Gasteiger partial charge in [0.25, 0.3) is 0 Å². The normalized spacial score (nSPS) is 15.0. The summed E-state index contributed by atoms with van der Waals surface area (Å²) in [6, 6.07) is 24.6. The van der Waals surface area contributed by atoms with Crippen molar-refractivity contribution in [3.8, 4) is 11.1 Å². The van der Waals surface area contributed by atoms with Gasteiger partial charge in [-0.05, 0) is 52.9 Å². The van der Waals surface area contributed by atoms with Crippen molar-refractivity contribution in [3.05, 3.63) is 83.9 Å². The summed E-state index contributed by atoms with van der Waals surface area (Å²) in [5, 5.41) is 2.99. The van der Waals surface area contributed by atoms with Crippen LogP contribution in [0.5, 0.6) is 0 Å².